The lowest BCUT2D eigenvalue weighted by Crippen LogP contribution is -2.50. The fourth-order valence-electron chi connectivity index (χ4n) is 4.21. The van der Waals surface area contributed by atoms with Crippen molar-refractivity contribution < 1.29 is 31.9 Å². The zero-order valence-electron chi connectivity index (χ0n) is 19.4. The number of amides is 1. The SMILES string of the molecule is Cc1c(Oc2ccc(C3COS(=O)OC3)cc2)ncnc1O[C@H]1CCN(C(=O)O)[C@@H](C(C)C)C1. The van der Waals surface area contributed by atoms with Crippen molar-refractivity contribution in [3.05, 3.63) is 41.7 Å². The first-order valence-corrected chi connectivity index (χ1v) is 12.3. The van der Waals surface area contributed by atoms with Crippen LogP contribution in [-0.4, -0.2) is 62.2 Å². The second kappa shape index (κ2) is 10.7. The molecule has 0 unspecified atom stereocenters. The van der Waals surface area contributed by atoms with E-state index in [0.29, 0.717) is 55.7 Å². The van der Waals surface area contributed by atoms with Gasteiger partial charge in [0, 0.05) is 31.3 Å². The van der Waals surface area contributed by atoms with E-state index in [4.69, 9.17) is 17.8 Å². The van der Waals surface area contributed by atoms with Gasteiger partial charge in [-0.1, -0.05) is 26.0 Å². The predicted molar refractivity (Wildman–Crippen MR) is 123 cm³/mol. The van der Waals surface area contributed by atoms with Gasteiger partial charge in [0.1, 0.15) is 18.2 Å². The molecule has 2 saturated heterocycles. The number of rotatable bonds is 6. The third-order valence-electron chi connectivity index (χ3n) is 6.18. The van der Waals surface area contributed by atoms with Crippen LogP contribution in [0, 0.1) is 12.8 Å². The highest BCUT2D eigenvalue weighted by Gasteiger charge is 2.35. The molecule has 2 fully saturated rings. The third kappa shape index (κ3) is 5.65. The number of ether oxygens (including phenoxy) is 2. The molecule has 34 heavy (non-hydrogen) atoms. The van der Waals surface area contributed by atoms with E-state index in [-0.39, 0.29) is 24.0 Å². The summed E-state index contributed by atoms with van der Waals surface area (Å²) in [4.78, 5) is 21.6. The Balaban J connectivity index is 1.41. The van der Waals surface area contributed by atoms with Crippen molar-refractivity contribution in [3.63, 3.8) is 0 Å². The Morgan fingerprint density at radius 3 is 2.50 bits per heavy atom. The number of likely N-dealkylation sites (tertiary alicyclic amines) is 1. The van der Waals surface area contributed by atoms with E-state index >= 15 is 0 Å². The Kier molecular flexibility index (Phi) is 7.64. The summed E-state index contributed by atoms with van der Waals surface area (Å²) in [5.74, 6) is 1.62. The summed E-state index contributed by atoms with van der Waals surface area (Å²) >= 11 is -1.66. The first kappa shape index (κ1) is 24.4. The maximum Gasteiger partial charge on any atom is 0.407 e. The highest BCUT2D eigenvalue weighted by molar-refractivity contribution is 7.75. The molecule has 3 heterocycles. The molecular formula is C23H29N3O7S. The van der Waals surface area contributed by atoms with Gasteiger partial charge in [-0.15, -0.1) is 0 Å². The molecule has 0 aliphatic carbocycles. The summed E-state index contributed by atoms with van der Waals surface area (Å²) in [7, 11) is 0. The minimum atomic E-state index is -1.66. The lowest BCUT2D eigenvalue weighted by molar-refractivity contribution is 0.0360. The summed E-state index contributed by atoms with van der Waals surface area (Å²) in [6, 6.07) is 7.39. The third-order valence-corrected chi connectivity index (χ3v) is 6.84. The zero-order chi connectivity index (χ0) is 24.2. The van der Waals surface area contributed by atoms with Gasteiger partial charge in [-0.2, -0.15) is 4.21 Å². The molecule has 2 aromatic rings. The van der Waals surface area contributed by atoms with Crippen LogP contribution in [-0.2, 0) is 19.7 Å². The van der Waals surface area contributed by atoms with E-state index in [2.05, 4.69) is 9.97 Å². The molecule has 4 rings (SSSR count). The molecule has 0 spiro atoms. The van der Waals surface area contributed by atoms with Crippen molar-refractivity contribution >= 4 is 17.5 Å². The minimum absolute atomic E-state index is 0.00903. The monoisotopic (exact) mass is 491 g/mol. The highest BCUT2D eigenvalue weighted by Crippen LogP contribution is 2.32. The molecule has 0 bridgehead atoms. The Morgan fingerprint density at radius 2 is 1.85 bits per heavy atom. The molecule has 1 amide bonds. The van der Waals surface area contributed by atoms with Gasteiger partial charge < -0.3 is 19.5 Å². The number of piperidine rings is 1. The fraction of sp³-hybridized carbons (Fsp3) is 0.522. The van der Waals surface area contributed by atoms with Gasteiger partial charge in [-0.05, 0) is 30.5 Å². The molecule has 1 aromatic heterocycles. The van der Waals surface area contributed by atoms with Gasteiger partial charge in [0.25, 0.3) is 0 Å². The number of carboxylic acid groups (broad SMARTS) is 1. The molecule has 2 atom stereocenters. The maximum atomic E-state index is 11.6. The number of benzene rings is 1. The predicted octanol–water partition coefficient (Wildman–Crippen LogP) is 3.83. The fourth-order valence-corrected chi connectivity index (χ4v) is 4.83. The summed E-state index contributed by atoms with van der Waals surface area (Å²) in [6.45, 7) is 6.97. The first-order chi connectivity index (χ1) is 16.3. The van der Waals surface area contributed by atoms with Crippen molar-refractivity contribution in [2.75, 3.05) is 19.8 Å². The molecule has 2 aliphatic heterocycles. The van der Waals surface area contributed by atoms with Crippen LogP contribution in [0.1, 0.15) is 43.7 Å². The van der Waals surface area contributed by atoms with Crippen LogP contribution >= 0.6 is 0 Å². The quantitative estimate of drug-likeness (QED) is 0.642. The van der Waals surface area contributed by atoms with Gasteiger partial charge in [0.05, 0.1) is 18.8 Å². The van der Waals surface area contributed by atoms with Crippen molar-refractivity contribution in [1.82, 2.24) is 14.9 Å². The summed E-state index contributed by atoms with van der Waals surface area (Å²) < 4.78 is 33.4. The van der Waals surface area contributed by atoms with Gasteiger partial charge in [-0.3, -0.25) is 8.37 Å². The van der Waals surface area contributed by atoms with Gasteiger partial charge in [0.15, 0.2) is 0 Å². The van der Waals surface area contributed by atoms with E-state index in [1.807, 2.05) is 45.0 Å². The molecule has 1 N–H and O–H groups in total. The number of hydrogen-bond acceptors (Lipinski definition) is 8. The lowest BCUT2D eigenvalue weighted by Gasteiger charge is -2.39. The largest absolute Gasteiger partial charge is 0.474 e. The van der Waals surface area contributed by atoms with E-state index in [1.54, 1.807) is 0 Å². The van der Waals surface area contributed by atoms with Gasteiger partial charge in [-0.25, -0.2) is 14.8 Å². The van der Waals surface area contributed by atoms with Crippen molar-refractivity contribution in [1.29, 1.82) is 0 Å². The van der Waals surface area contributed by atoms with E-state index in [9.17, 15) is 14.1 Å². The average molecular weight is 492 g/mol. The Labute approximate surface area is 201 Å². The van der Waals surface area contributed by atoms with Crippen LogP contribution in [0.5, 0.6) is 17.5 Å². The smallest absolute Gasteiger partial charge is 0.407 e. The van der Waals surface area contributed by atoms with Crippen LogP contribution in [0.15, 0.2) is 30.6 Å². The first-order valence-electron chi connectivity index (χ1n) is 11.3. The maximum absolute atomic E-state index is 11.6. The standard InChI is InChI=1S/C23H29N3O7S/c1-14(2)20-10-19(8-9-26(20)23(27)28)33-22-15(3)21(24-13-25-22)32-18-6-4-16(5-7-18)17-11-30-34(29)31-12-17/h4-7,13-14,17,19-20H,8-12H2,1-3H3,(H,27,28)/t17?,19-,20+,34?/m0/s1. The topological polar surface area (TPSA) is 120 Å². The molecule has 0 radical (unpaired) electrons. The van der Waals surface area contributed by atoms with Crippen LogP contribution in [0.4, 0.5) is 4.79 Å². The summed E-state index contributed by atoms with van der Waals surface area (Å²) in [5.41, 5.74) is 1.67. The summed E-state index contributed by atoms with van der Waals surface area (Å²) in [5, 5.41) is 9.48. The lowest BCUT2D eigenvalue weighted by atomic mass is 9.91. The highest BCUT2D eigenvalue weighted by atomic mass is 32.2. The molecular weight excluding hydrogens is 462 g/mol. The molecule has 1 aromatic carbocycles. The van der Waals surface area contributed by atoms with Gasteiger partial charge in [0.2, 0.25) is 11.8 Å². The Bertz CT molecular complexity index is 1020. The van der Waals surface area contributed by atoms with Crippen LogP contribution in [0.2, 0.25) is 0 Å². The normalized spacial score (nSPS) is 25.2. The van der Waals surface area contributed by atoms with Crippen molar-refractivity contribution in [2.24, 2.45) is 5.92 Å². The second-order valence-corrected chi connectivity index (χ2v) is 9.68. The van der Waals surface area contributed by atoms with E-state index in [0.717, 1.165) is 5.56 Å². The molecule has 0 saturated carbocycles. The van der Waals surface area contributed by atoms with Gasteiger partial charge >= 0.3 is 17.5 Å². The van der Waals surface area contributed by atoms with Crippen LogP contribution in [0.25, 0.3) is 0 Å². The Morgan fingerprint density at radius 1 is 1.18 bits per heavy atom. The van der Waals surface area contributed by atoms with Crippen molar-refractivity contribution in [3.8, 4) is 17.5 Å². The van der Waals surface area contributed by atoms with Crippen LogP contribution < -0.4 is 9.47 Å². The molecule has 11 heteroatoms. The second-order valence-electron chi connectivity index (χ2n) is 8.80. The molecule has 10 nitrogen and oxygen atoms in total. The average Bonchev–Trinajstić information content (AvgIpc) is 2.82. The minimum Gasteiger partial charge on any atom is -0.474 e. The number of carbonyl (C=O) groups is 1. The molecule has 184 valence electrons. The zero-order valence-corrected chi connectivity index (χ0v) is 20.2. The van der Waals surface area contributed by atoms with E-state index < -0.39 is 17.5 Å². The summed E-state index contributed by atoms with van der Waals surface area (Å²) in [6.07, 6.45) is 1.56. The van der Waals surface area contributed by atoms with Crippen molar-refractivity contribution in [2.45, 2.75) is 51.7 Å². The van der Waals surface area contributed by atoms with Crippen LogP contribution in [0.3, 0.4) is 0 Å². The number of hydrogen-bond donors (Lipinski definition) is 1. The number of nitrogens with zero attached hydrogens (tertiary/aromatic N) is 3. The molecule has 2 aliphatic rings. The Hall–Kier alpha value is -2.76. The van der Waals surface area contributed by atoms with E-state index in [1.165, 1.54) is 11.2 Å². The number of aromatic nitrogens is 2.